The smallest absolute Gasteiger partial charge is 0.0963 e. The van der Waals surface area contributed by atoms with Gasteiger partial charge in [0.25, 0.3) is 0 Å². The average Bonchev–Trinajstić information content (AvgIpc) is 3.56. The highest BCUT2D eigenvalue weighted by atomic mass is 15.0. The van der Waals surface area contributed by atoms with Crippen molar-refractivity contribution < 1.29 is 0 Å². The molecule has 0 radical (unpaired) electrons. The maximum absolute atomic E-state index is 4.71. The molecule has 0 N–H and O–H groups in total. The van der Waals surface area contributed by atoms with Gasteiger partial charge >= 0.3 is 0 Å². The van der Waals surface area contributed by atoms with Crippen molar-refractivity contribution in [2.24, 2.45) is 0 Å². The molecule has 0 saturated carbocycles. The Labute approximate surface area is 180 Å². The first-order valence-electron chi connectivity index (χ1n) is 10.9. The highest BCUT2D eigenvalue weighted by molar-refractivity contribution is 6.28. The molecule has 3 aromatic carbocycles. The maximum Gasteiger partial charge on any atom is 0.0963 e. The lowest BCUT2D eigenvalue weighted by molar-refractivity contribution is 1.34. The highest BCUT2D eigenvalue weighted by Gasteiger charge is 2.22. The second-order valence-corrected chi connectivity index (χ2v) is 8.70. The predicted molar refractivity (Wildman–Crippen MR) is 131 cm³/mol. The summed E-state index contributed by atoms with van der Waals surface area (Å²) in [5, 5.41) is 7.55. The molecule has 0 amide bonds. The summed E-state index contributed by atoms with van der Waals surface area (Å²) in [6.07, 6.45) is 3.77. The minimum absolute atomic E-state index is 1.07. The summed E-state index contributed by atoms with van der Waals surface area (Å²) in [6.45, 7) is 0. The molecule has 6 heterocycles. The van der Waals surface area contributed by atoms with Gasteiger partial charge in [0.2, 0.25) is 0 Å². The number of pyridine rings is 2. The van der Waals surface area contributed by atoms with E-state index in [4.69, 9.17) is 9.97 Å². The van der Waals surface area contributed by atoms with Crippen LogP contribution >= 0.6 is 0 Å². The minimum atomic E-state index is 1.07. The molecule has 9 rings (SSSR count). The van der Waals surface area contributed by atoms with Crippen LogP contribution in [0.4, 0.5) is 0 Å². The van der Waals surface area contributed by atoms with Gasteiger partial charge in [0, 0.05) is 44.7 Å². The largest absolute Gasteiger partial charge is 0.306 e. The van der Waals surface area contributed by atoms with Crippen LogP contribution in [0.15, 0.2) is 85.2 Å². The molecule has 0 aliphatic heterocycles. The Morgan fingerprint density at radius 2 is 0.906 bits per heavy atom. The van der Waals surface area contributed by atoms with Crippen molar-refractivity contribution in [3.8, 4) is 0 Å². The molecule has 146 valence electrons. The van der Waals surface area contributed by atoms with Crippen molar-refractivity contribution in [2.45, 2.75) is 0 Å². The zero-order valence-electron chi connectivity index (χ0n) is 16.9. The topological polar surface area (TPSA) is 34.6 Å². The zero-order valence-corrected chi connectivity index (χ0v) is 16.9. The van der Waals surface area contributed by atoms with Crippen LogP contribution in [0.25, 0.3) is 76.5 Å². The summed E-state index contributed by atoms with van der Waals surface area (Å²) in [7, 11) is 0. The third-order valence-electron chi connectivity index (χ3n) is 7.26. The monoisotopic (exact) mass is 406 g/mol. The molecule has 32 heavy (non-hydrogen) atoms. The Morgan fingerprint density at radius 3 is 1.41 bits per heavy atom. The second-order valence-electron chi connectivity index (χ2n) is 8.70. The van der Waals surface area contributed by atoms with E-state index in [1.54, 1.807) is 0 Å². The van der Waals surface area contributed by atoms with Gasteiger partial charge in [-0.05, 0) is 36.4 Å². The summed E-state index contributed by atoms with van der Waals surface area (Å²) in [5.41, 5.74) is 9.47. The summed E-state index contributed by atoms with van der Waals surface area (Å²) in [6, 6.07) is 26.3. The van der Waals surface area contributed by atoms with Gasteiger partial charge in [-0.15, -0.1) is 0 Å². The molecule has 0 bridgehead atoms. The molecule has 9 aromatic rings. The van der Waals surface area contributed by atoms with Gasteiger partial charge in [-0.1, -0.05) is 36.4 Å². The van der Waals surface area contributed by atoms with Crippen LogP contribution in [0.5, 0.6) is 0 Å². The normalized spacial score (nSPS) is 13.0. The van der Waals surface area contributed by atoms with Crippen LogP contribution in [0.1, 0.15) is 0 Å². The lowest BCUT2D eigenvalue weighted by Gasteiger charge is -2.00. The van der Waals surface area contributed by atoms with Crippen LogP contribution in [-0.2, 0) is 0 Å². The van der Waals surface area contributed by atoms with Crippen molar-refractivity contribution in [1.29, 1.82) is 0 Å². The van der Waals surface area contributed by atoms with Gasteiger partial charge in [-0.25, -0.2) is 0 Å². The van der Waals surface area contributed by atoms with Crippen LogP contribution in [0.2, 0.25) is 0 Å². The van der Waals surface area contributed by atoms with Gasteiger partial charge < -0.3 is 8.80 Å². The van der Waals surface area contributed by atoms with E-state index in [1.807, 2.05) is 24.5 Å². The van der Waals surface area contributed by atoms with Crippen LogP contribution in [-0.4, -0.2) is 18.8 Å². The Morgan fingerprint density at radius 1 is 0.438 bits per heavy atom. The molecule has 0 aliphatic rings. The van der Waals surface area contributed by atoms with E-state index in [2.05, 4.69) is 69.5 Å². The van der Waals surface area contributed by atoms with Gasteiger partial charge in [0.15, 0.2) is 0 Å². The molecular formula is C28H14N4. The van der Waals surface area contributed by atoms with E-state index in [-0.39, 0.29) is 0 Å². The number of benzene rings is 3. The molecule has 0 fully saturated rings. The van der Waals surface area contributed by atoms with Crippen molar-refractivity contribution in [2.75, 3.05) is 0 Å². The lowest BCUT2D eigenvalue weighted by Crippen LogP contribution is -1.84. The SMILES string of the molecule is c1cc2c3cc4c(cc3n3c5cccnc5c(c1)c23)c1cccc2c3ncccc3n4c12. The summed E-state index contributed by atoms with van der Waals surface area (Å²) in [5.74, 6) is 0. The van der Waals surface area contributed by atoms with Crippen molar-refractivity contribution in [3.05, 3.63) is 85.2 Å². The lowest BCUT2D eigenvalue weighted by atomic mass is 10.1. The number of para-hydroxylation sites is 2. The highest BCUT2D eigenvalue weighted by Crippen LogP contribution is 2.43. The maximum atomic E-state index is 4.71. The number of hydrogen-bond donors (Lipinski definition) is 0. The summed E-state index contributed by atoms with van der Waals surface area (Å²) in [4.78, 5) is 9.42. The molecule has 0 spiro atoms. The van der Waals surface area contributed by atoms with Gasteiger partial charge in [-0.3, -0.25) is 9.97 Å². The number of aromatic nitrogens is 4. The fraction of sp³-hybridized carbons (Fsp3) is 0. The molecule has 0 saturated heterocycles. The van der Waals surface area contributed by atoms with Gasteiger partial charge in [-0.2, -0.15) is 0 Å². The minimum Gasteiger partial charge on any atom is -0.306 e. The van der Waals surface area contributed by atoms with Crippen LogP contribution < -0.4 is 0 Å². The number of fused-ring (bicyclic) bond motifs is 12. The van der Waals surface area contributed by atoms with Crippen LogP contribution in [0, 0.1) is 0 Å². The Balaban J connectivity index is 1.63. The van der Waals surface area contributed by atoms with E-state index in [0.29, 0.717) is 0 Å². The third-order valence-corrected chi connectivity index (χ3v) is 7.26. The first kappa shape index (κ1) is 15.4. The molecule has 0 aliphatic carbocycles. The Hall–Kier alpha value is -4.44. The van der Waals surface area contributed by atoms with E-state index in [9.17, 15) is 0 Å². The Bertz CT molecular complexity index is 2040. The van der Waals surface area contributed by atoms with Crippen molar-refractivity contribution in [1.82, 2.24) is 18.8 Å². The summed E-state index contributed by atoms with van der Waals surface area (Å²) < 4.78 is 4.80. The standard InChI is InChI=1S/C28H14N4/c1-5-15-19-13-24-20(14-23(19)31-21-9-3-11-29-25(21)17(7-1)27(15)31)16-6-2-8-18-26-22(10-4-12-30-26)32(24)28(16)18/h1-14H. The first-order valence-corrected chi connectivity index (χ1v) is 10.9. The fourth-order valence-corrected chi connectivity index (χ4v) is 6.07. The third kappa shape index (κ3) is 1.49. The van der Waals surface area contributed by atoms with Gasteiger partial charge in [0.1, 0.15) is 0 Å². The fourth-order valence-electron chi connectivity index (χ4n) is 6.07. The molecule has 6 aromatic heterocycles. The van der Waals surface area contributed by atoms with Crippen molar-refractivity contribution >= 4 is 76.5 Å². The predicted octanol–water partition coefficient (Wildman–Crippen LogP) is 6.78. The number of rotatable bonds is 0. The molecule has 4 heteroatoms. The van der Waals surface area contributed by atoms with E-state index in [0.717, 1.165) is 11.0 Å². The number of nitrogens with zero attached hydrogens (tertiary/aromatic N) is 4. The molecular weight excluding hydrogens is 392 g/mol. The molecule has 4 nitrogen and oxygen atoms in total. The molecule has 0 unspecified atom stereocenters. The zero-order chi connectivity index (χ0) is 20.6. The quantitative estimate of drug-likeness (QED) is 0.278. The first-order chi connectivity index (χ1) is 15.9. The van der Waals surface area contributed by atoms with Crippen LogP contribution in [0.3, 0.4) is 0 Å². The molecule has 0 atom stereocenters. The van der Waals surface area contributed by atoms with E-state index in [1.165, 1.54) is 65.4 Å². The van der Waals surface area contributed by atoms with E-state index < -0.39 is 0 Å². The van der Waals surface area contributed by atoms with Gasteiger partial charge in [0.05, 0.1) is 44.1 Å². The van der Waals surface area contributed by atoms with Crippen molar-refractivity contribution in [3.63, 3.8) is 0 Å². The number of hydrogen-bond acceptors (Lipinski definition) is 2. The average molecular weight is 406 g/mol. The van der Waals surface area contributed by atoms with E-state index >= 15 is 0 Å². The Kier molecular flexibility index (Phi) is 2.35. The summed E-state index contributed by atoms with van der Waals surface area (Å²) >= 11 is 0. The second kappa shape index (κ2) is 4.89.